The second-order valence-corrected chi connectivity index (χ2v) is 5.62. The number of benzene rings is 1. The number of ether oxygens (including phenoxy) is 2. The van der Waals surface area contributed by atoms with Crippen LogP contribution < -0.4 is 20.1 Å². The van der Waals surface area contributed by atoms with Gasteiger partial charge in [0.15, 0.2) is 5.11 Å². The molecule has 2 rings (SSSR count). The lowest BCUT2D eigenvalue weighted by Gasteiger charge is -2.12. The number of rotatable bonds is 6. The molecule has 0 spiro atoms. The zero-order valence-electron chi connectivity index (χ0n) is 13.4. The summed E-state index contributed by atoms with van der Waals surface area (Å²) in [5.74, 6) is 2.24. The molecule has 0 atom stereocenters. The predicted octanol–water partition coefficient (Wildman–Crippen LogP) is 3.22. The fraction of sp³-hybridized carbons (Fsp3) is 0.312. The summed E-state index contributed by atoms with van der Waals surface area (Å²) in [5.41, 5.74) is 0. The van der Waals surface area contributed by atoms with Gasteiger partial charge in [0.05, 0.1) is 13.2 Å². The molecule has 1 aromatic carbocycles. The summed E-state index contributed by atoms with van der Waals surface area (Å²) in [6.07, 6.45) is 0. The van der Waals surface area contributed by atoms with Crippen LogP contribution in [0.25, 0.3) is 0 Å². The van der Waals surface area contributed by atoms with Crippen LogP contribution in [-0.2, 0) is 0 Å². The van der Waals surface area contributed by atoms with Crippen LogP contribution in [0, 0.1) is 5.92 Å². The number of thiocarbonyl (C=S) groups is 1. The van der Waals surface area contributed by atoms with Crippen molar-refractivity contribution < 1.29 is 9.47 Å². The molecule has 0 saturated heterocycles. The van der Waals surface area contributed by atoms with Gasteiger partial charge in [-0.1, -0.05) is 32.0 Å². The van der Waals surface area contributed by atoms with E-state index in [9.17, 15) is 0 Å². The Balaban J connectivity index is 2.10. The van der Waals surface area contributed by atoms with E-state index in [-0.39, 0.29) is 0 Å². The van der Waals surface area contributed by atoms with Crippen LogP contribution in [0.5, 0.6) is 17.5 Å². The molecule has 122 valence electrons. The molecule has 0 aliphatic rings. The van der Waals surface area contributed by atoms with Gasteiger partial charge in [0.2, 0.25) is 17.7 Å². The van der Waals surface area contributed by atoms with Crippen molar-refractivity contribution in [2.45, 2.75) is 13.8 Å². The van der Waals surface area contributed by atoms with Gasteiger partial charge in [-0.05, 0) is 30.3 Å². The number of para-hydroxylation sites is 1. The summed E-state index contributed by atoms with van der Waals surface area (Å²) in [4.78, 5) is 8.50. The maximum absolute atomic E-state index is 5.71. The monoisotopic (exact) mass is 332 g/mol. The average Bonchev–Trinajstić information content (AvgIpc) is 2.53. The zero-order chi connectivity index (χ0) is 16.7. The molecule has 7 heteroatoms. The van der Waals surface area contributed by atoms with Crippen LogP contribution in [-0.4, -0.2) is 28.7 Å². The molecule has 0 radical (unpaired) electrons. The summed E-state index contributed by atoms with van der Waals surface area (Å²) in [5, 5.41) is 6.49. The molecule has 0 saturated carbocycles. The molecule has 1 heterocycles. The highest BCUT2D eigenvalue weighted by molar-refractivity contribution is 7.80. The van der Waals surface area contributed by atoms with Crippen molar-refractivity contribution in [3.63, 3.8) is 0 Å². The second-order valence-electron chi connectivity index (χ2n) is 5.22. The van der Waals surface area contributed by atoms with Gasteiger partial charge in [0.1, 0.15) is 5.75 Å². The van der Waals surface area contributed by atoms with Crippen molar-refractivity contribution in [3.8, 4) is 17.5 Å². The van der Waals surface area contributed by atoms with E-state index in [1.165, 1.54) is 7.11 Å². The molecule has 0 amide bonds. The first-order chi connectivity index (χ1) is 11.1. The van der Waals surface area contributed by atoms with Gasteiger partial charge in [-0.3, -0.25) is 0 Å². The quantitative estimate of drug-likeness (QED) is 0.787. The number of methoxy groups -OCH3 is 1. The third-order valence-corrected chi connectivity index (χ3v) is 3.00. The molecular formula is C16H20N4O2S. The topological polar surface area (TPSA) is 68.3 Å². The number of hydrogen-bond donors (Lipinski definition) is 2. The Morgan fingerprint density at radius 2 is 1.87 bits per heavy atom. The van der Waals surface area contributed by atoms with Crippen molar-refractivity contribution in [2.24, 2.45) is 5.92 Å². The standard InChI is InChI=1S/C16H20N4O2S/c1-11(2)10-17-16(23)20-15-18-13(21-3)9-14(19-15)22-12-7-5-4-6-8-12/h4-9,11H,10H2,1-3H3,(H2,17,18,19,20,23). The van der Waals surface area contributed by atoms with Crippen molar-refractivity contribution >= 4 is 23.3 Å². The highest BCUT2D eigenvalue weighted by atomic mass is 32.1. The molecule has 0 aliphatic heterocycles. The molecule has 0 fully saturated rings. The Morgan fingerprint density at radius 1 is 1.17 bits per heavy atom. The predicted molar refractivity (Wildman–Crippen MR) is 94.2 cm³/mol. The Bertz CT molecular complexity index is 650. The minimum atomic E-state index is 0.316. The lowest BCUT2D eigenvalue weighted by Crippen LogP contribution is -2.32. The van der Waals surface area contributed by atoms with E-state index in [1.54, 1.807) is 6.07 Å². The molecule has 23 heavy (non-hydrogen) atoms. The Kier molecular flexibility index (Phi) is 6.10. The van der Waals surface area contributed by atoms with Crippen LogP contribution in [0.15, 0.2) is 36.4 Å². The van der Waals surface area contributed by atoms with Gasteiger partial charge in [0.25, 0.3) is 0 Å². The van der Waals surface area contributed by atoms with Crippen molar-refractivity contribution in [2.75, 3.05) is 19.0 Å². The fourth-order valence-electron chi connectivity index (χ4n) is 1.67. The largest absolute Gasteiger partial charge is 0.481 e. The molecule has 0 bridgehead atoms. The van der Waals surface area contributed by atoms with Gasteiger partial charge < -0.3 is 20.1 Å². The second kappa shape index (κ2) is 8.28. The maximum Gasteiger partial charge on any atom is 0.235 e. The first-order valence-corrected chi connectivity index (χ1v) is 7.68. The van der Waals surface area contributed by atoms with E-state index in [1.807, 2.05) is 30.3 Å². The SMILES string of the molecule is COc1cc(Oc2ccccc2)nc(NC(=S)NCC(C)C)n1. The van der Waals surface area contributed by atoms with Gasteiger partial charge in [-0.25, -0.2) is 0 Å². The summed E-state index contributed by atoms with van der Waals surface area (Å²) < 4.78 is 10.9. The number of hydrogen-bond acceptors (Lipinski definition) is 5. The van der Waals surface area contributed by atoms with Gasteiger partial charge in [-0.15, -0.1) is 0 Å². The Morgan fingerprint density at radius 3 is 2.52 bits per heavy atom. The maximum atomic E-state index is 5.71. The van der Waals surface area contributed by atoms with Crippen LogP contribution in [0.3, 0.4) is 0 Å². The van der Waals surface area contributed by atoms with E-state index in [0.717, 1.165) is 6.54 Å². The van der Waals surface area contributed by atoms with E-state index in [2.05, 4.69) is 34.4 Å². The van der Waals surface area contributed by atoms with Gasteiger partial charge >= 0.3 is 0 Å². The molecular weight excluding hydrogens is 312 g/mol. The van der Waals surface area contributed by atoms with Crippen molar-refractivity contribution in [3.05, 3.63) is 36.4 Å². The lowest BCUT2D eigenvalue weighted by molar-refractivity contribution is 0.389. The third kappa shape index (κ3) is 5.71. The molecule has 2 N–H and O–H groups in total. The first kappa shape index (κ1) is 17.0. The minimum Gasteiger partial charge on any atom is -0.481 e. The number of anilines is 1. The summed E-state index contributed by atoms with van der Waals surface area (Å²) in [6, 6.07) is 11.0. The molecule has 0 aliphatic carbocycles. The molecule has 1 aromatic heterocycles. The van der Waals surface area contributed by atoms with Crippen LogP contribution >= 0.6 is 12.2 Å². The highest BCUT2D eigenvalue weighted by Gasteiger charge is 2.09. The first-order valence-electron chi connectivity index (χ1n) is 7.27. The van der Waals surface area contributed by atoms with Crippen molar-refractivity contribution in [1.82, 2.24) is 15.3 Å². The number of nitrogens with one attached hydrogen (secondary N) is 2. The smallest absolute Gasteiger partial charge is 0.235 e. The zero-order valence-corrected chi connectivity index (χ0v) is 14.2. The van der Waals surface area contributed by atoms with Gasteiger partial charge in [-0.2, -0.15) is 9.97 Å². The fourth-order valence-corrected chi connectivity index (χ4v) is 1.84. The van der Waals surface area contributed by atoms with E-state index in [4.69, 9.17) is 21.7 Å². The minimum absolute atomic E-state index is 0.316. The van der Waals surface area contributed by atoms with Crippen LogP contribution in [0.1, 0.15) is 13.8 Å². The normalized spacial score (nSPS) is 10.3. The number of nitrogens with zero attached hydrogens (tertiary/aromatic N) is 2. The van der Waals surface area contributed by atoms with Crippen LogP contribution in [0.2, 0.25) is 0 Å². The van der Waals surface area contributed by atoms with Gasteiger partial charge in [0, 0.05) is 6.54 Å². The van der Waals surface area contributed by atoms with E-state index < -0.39 is 0 Å². The summed E-state index contributed by atoms with van der Waals surface area (Å²) in [6.45, 7) is 4.97. The summed E-state index contributed by atoms with van der Waals surface area (Å²) in [7, 11) is 1.54. The Labute approximate surface area is 141 Å². The van der Waals surface area contributed by atoms with Crippen molar-refractivity contribution in [1.29, 1.82) is 0 Å². The Hall–Kier alpha value is -2.41. The molecule has 6 nitrogen and oxygen atoms in total. The average molecular weight is 332 g/mol. The summed E-state index contributed by atoms with van der Waals surface area (Å²) >= 11 is 5.22. The molecule has 0 unspecified atom stereocenters. The van der Waals surface area contributed by atoms with E-state index in [0.29, 0.717) is 34.5 Å². The van der Waals surface area contributed by atoms with E-state index >= 15 is 0 Å². The third-order valence-electron chi connectivity index (χ3n) is 2.75. The van der Waals surface area contributed by atoms with Crippen LogP contribution in [0.4, 0.5) is 5.95 Å². The highest BCUT2D eigenvalue weighted by Crippen LogP contribution is 2.23. The number of aromatic nitrogens is 2. The molecule has 2 aromatic rings. The lowest BCUT2D eigenvalue weighted by atomic mass is 10.2.